The van der Waals surface area contributed by atoms with E-state index in [2.05, 4.69) is 10.2 Å². The zero-order valence-electron chi connectivity index (χ0n) is 19.5. The fraction of sp³-hybridized carbons (Fsp3) is 0.320. The van der Waals surface area contributed by atoms with Gasteiger partial charge >= 0.3 is 5.97 Å². The molecule has 0 aliphatic carbocycles. The summed E-state index contributed by atoms with van der Waals surface area (Å²) < 4.78 is 16.1. The summed E-state index contributed by atoms with van der Waals surface area (Å²) in [5, 5.41) is 3.73. The predicted octanol–water partition coefficient (Wildman–Crippen LogP) is 4.08. The molecule has 1 aromatic heterocycles. The first kappa shape index (κ1) is 23.8. The second-order valence-electron chi connectivity index (χ2n) is 8.14. The summed E-state index contributed by atoms with van der Waals surface area (Å²) in [7, 11) is 4.95. The number of anilines is 1. The molecular weight excluding hydrogens is 458 g/mol. The fourth-order valence-corrected chi connectivity index (χ4v) is 4.26. The van der Waals surface area contributed by atoms with Crippen LogP contribution in [0, 0.1) is 0 Å². The molecule has 8 nitrogen and oxygen atoms in total. The van der Waals surface area contributed by atoms with Gasteiger partial charge in [0.05, 0.1) is 36.0 Å². The van der Waals surface area contributed by atoms with Gasteiger partial charge in [0.25, 0.3) is 5.91 Å². The Morgan fingerprint density at radius 1 is 1.15 bits per heavy atom. The molecule has 0 bridgehead atoms. The Hall–Kier alpha value is -3.36. The number of hydrogen-bond donors (Lipinski definition) is 1. The number of ether oxygens (including phenoxy) is 3. The smallest absolute Gasteiger partial charge is 0.339 e. The van der Waals surface area contributed by atoms with E-state index in [1.54, 1.807) is 6.07 Å². The van der Waals surface area contributed by atoms with Crippen LogP contribution in [0.15, 0.2) is 36.4 Å². The highest BCUT2D eigenvalue weighted by atomic mass is 35.5. The molecule has 1 unspecified atom stereocenters. The van der Waals surface area contributed by atoms with Crippen LogP contribution in [-0.2, 0) is 22.5 Å². The number of para-hydroxylation sites is 1. The first-order chi connectivity index (χ1) is 16.3. The topological polar surface area (TPSA) is 90.0 Å². The number of rotatable bonds is 6. The van der Waals surface area contributed by atoms with Crippen LogP contribution in [0.5, 0.6) is 11.5 Å². The van der Waals surface area contributed by atoms with Gasteiger partial charge < -0.3 is 24.4 Å². The number of esters is 1. The standard InChI is InChI=1S/C25H26ClN3O5/c1-14(24(30)28-20-11-17(26)21(32-3)12-22(20)33-4)34-25(31)23-15-7-5-6-8-18(15)27-19-9-10-29(2)13-16(19)23/h5-8,11-12,14H,9-10,13H2,1-4H3,(H,28,30). The van der Waals surface area contributed by atoms with E-state index in [9.17, 15) is 9.59 Å². The summed E-state index contributed by atoms with van der Waals surface area (Å²) >= 11 is 6.19. The maximum Gasteiger partial charge on any atom is 0.339 e. The Labute approximate surface area is 202 Å². The van der Waals surface area contributed by atoms with Crippen molar-refractivity contribution < 1.29 is 23.8 Å². The minimum atomic E-state index is -1.07. The van der Waals surface area contributed by atoms with Gasteiger partial charge in [0.1, 0.15) is 11.5 Å². The Kier molecular flexibility index (Phi) is 6.90. The molecule has 1 aliphatic rings. The summed E-state index contributed by atoms with van der Waals surface area (Å²) in [5.74, 6) is -0.301. The number of aromatic nitrogens is 1. The van der Waals surface area contributed by atoms with Crippen molar-refractivity contribution in [2.45, 2.75) is 26.0 Å². The van der Waals surface area contributed by atoms with E-state index in [1.807, 2.05) is 31.3 Å². The van der Waals surface area contributed by atoms with E-state index in [-0.39, 0.29) is 0 Å². The lowest BCUT2D eigenvalue weighted by atomic mass is 9.96. The number of methoxy groups -OCH3 is 2. The maximum absolute atomic E-state index is 13.4. The van der Waals surface area contributed by atoms with E-state index in [0.29, 0.717) is 39.7 Å². The first-order valence-electron chi connectivity index (χ1n) is 10.8. The number of fused-ring (bicyclic) bond motifs is 2. The molecule has 2 aromatic carbocycles. The number of carbonyl (C=O) groups excluding carboxylic acids is 2. The third-order valence-corrected chi connectivity index (χ3v) is 6.12. The number of benzene rings is 2. The highest BCUT2D eigenvalue weighted by Crippen LogP contribution is 2.36. The van der Waals surface area contributed by atoms with Gasteiger partial charge in [-0.05, 0) is 26.1 Å². The number of pyridine rings is 1. The van der Waals surface area contributed by atoms with Gasteiger partial charge in [-0.3, -0.25) is 9.78 Å². The predicted molar refractivity (Wildman–Crippen MR) is 130 cm³/mol. The minimum absolute atomic E-state index is 0.308. The minimum Gasteiger partial charge on any atom is -0.495 e. The third kappa shape index (κ3) is 4.64. The number of nitrogens with one attached hydrogen (secondary N) is 1. The van der Waals surface area contributed by atoms with Crippen molar-refractivity contribution in [2.24, 2.45) is 0 Å². The largest absolute Gasteiger partial charge is 0.495 e. The lowest BCUT2D eigenvalue weighted by Gasteiger charge is -2.27. The zero-order valence-corrected chi connectivity index (χ0v) is 20.2. The van der Waals surface area contributed by atoms with Crippen molar-refractivity contribution in [1.29, 1.82) is 0 Å². The molecule has 4 rings (SSSR count). The first-order valence-corrected chi connectivity index (χ1v) is 11.2. The summed E-state index contributed by atoms with van der Waals surface area (Å²) in [4.78, 5) is 33.1. The van der Waals surface area contributed by atoms with E-state index in [4.69, 9.17) is 30.8 Å². The van der Waals surface area contributed by atoms with Crippen LogP contribution >= 0.6 is 11.6 Å². The van der Waals surface area contributed by atoms with Crippen molar-refractivity contribution in [3.8, 4) is 11.5 Å². The SMILES string of the molecule is COc1cc(OC)c(NC(=O)C(C)OC(=O)c2c3c(nc4ccccc24)CCN(C)C3)cc1Cl. The van der Waals surface area contributed by atoms with E-state index in [0.717, 1.165) is 29.7 Å². The molecule has 34 heavy (non-hydrogen) atoms. The second-order valence-corrected chi connectivity index (χ2v) is 8.55. The second kappa shape index (κ2) is 9.87. The number of likely N-dealkylation sites (N-methyl/N-ethyl adjacent to an activating group) is 1. The number of nitrogens with zero attached hydrogens (tertiary/aromatic N) is 2. The summed E-state index contributed by atoms with van der Waals surface area (Å²) in [6.45, 7) is 2.96. The summed E-state index contributed by atoms with van der Waals surface area (Å²) in [5.41, 5.74) is 3.26. The van der Waals surface area contributed by atoms with Crippen molar-refractivity contribution >= 4 is 40.1 Å². The average Bonchev–Trinajstić information content (AvgIpc) is 2.82. The van der Waals surface area contributed by atoms with Crippen LogP contribution in [0.3, 0.4) is 0 Å². The number of amides is 1. The highest BCUT2D eigenvalue weighted by Gasteiger charge is 2.28. The van der Waals surface area contributed by atoms with Crippen LogP contribution in [0.1, 0.15) is 28.5 Å². The lowest BCUT2D eigenvalue weighted by molar-refractivity contribution is -0.123. The molecule has 9 heteroatoms. The molecule has 178 valence electrons. The monoisotopic (exact) mass is 483 g/mol. The molecule has 0 radical (unpaired) electrons. The molecule has 0 saturated carbocycles. The van der Waals surface area contributed by atoms with Gasteiger partial charge in [0.2, 0.25) is 0 Å². The molecule has 3 aromatic rings. The normalized spacial score (nSPS) is 14.3. The van der Waals surface area contributed by atoms with E-state index in [1.165, 1.54) is 27.2 Å². The third-order valence-electron chi connectivity index (χ3n) is 5.83. The summed E-state index contributed by atoms with van der Waals surface area (Å²) in [6, 6.07) is 10.6. The molecule has 0 fully saturated rings. The highest BCUT2D eigenvalue weighted by molar-refractivity contribution is 6.32. The molecule has 2 heterocycles. The van der Waals surface area contributed by atoms with Gasteiger partial charge in [-0.1, -0.05) is 29.8 Å². The van der Waals surface area contributed by atoms with Crippen molar-refractivity contribution in [3.05, 3.63) is 58.2 Å². The van der Waals surface area contributed by atoms with E-state index < -0.39 is 18.0 Å². The maximum atomic E-state index is 13.4. The molecule has 1 atom stereocenters. The number of hydrogen-bond acceptors (Lipinski definition) is 7. The zero-order chi connectivity index (χ0) is 24.4. The van der Waals surface area contributed by atoms with Gasteiger partial charge in [-0.15, -0.1) is 0 Å². The van der Waals surface area contributed by atoms with Crippen LogP contribution in [0.4, 0.5) is 5.69 Å². The molecule has 1 aliphatic heterocycles. The van der Waals surface area contributed by atoms with E-state index >= 15 is 0 Å². The van der Waals surface area contributed by atoms with Gasteiger partial charge in [0.15, 0.2) is 6.10 Å². The Bertz CT molecular complexity index is 1260. The Balaban J connectivity index is 1.60. The lowest BCUT2D eigenvalue weighted by Crippen LogP contribution is -2.32. The Morgan fingerprint density at radius 2 is 1.88 bits per heavy atom. The van der Waals surface area contributed by atoms with Crippen molar-refractivity contribution in [2.75, 3.05) is 33.1 Å². The fourth-order valence-electron chi connectivity index (χ4n) is 4.02. The quantitative estimate of drug-likeness (QED) is 0.528. The van der Waals surface area contributed by atoms with Gasteiger partial charge in [0, 0.05) is 42.2 Å². The van der Waals surface area contributed by atoms with Crippen molar-refractivity contribution in [1.82, 2.24) is 9.88 Å². The van der Waals surface area contributed by atoms with Gasteiger partial charge in [-0.25, -0.2) is 4.79 Å². The van der Waals surface area contributed by atoms with Crippen LogP contribution in [0.2, 0.25) is 5.02 Å². The molecular formula is C25H26ClN3O5. The molecule has 1 amide bonds. The van der Waals surface area contributed by atoms with Crippen LogP contribution in [0.25, 0.3) is 10.9 Å². The summed E-state index contributed by atoms with van der Waals surface area (Å²) in [6.07, 6.45) is -0.327. The van der Waals surface area contributed by atoms with Crippen molar-refractivity contribution in [3.63, 3.8) is 0 Å². The Morgan fingerprint density at radius 3 is 2.62 bits per heavy atom. The molecule has 1 N–H and O–H groups in total. The van der Waals surface area contributed by atoms with Gasteiger partial charge in [-0.2, -0.15) is 0 Å². The van der Waals surface area contributed by atoms with Crippen LogP contribution in [-0.4, -0.2) is 55.7 Å². The molecule has 0 spiro atoms. The number of halogens is 1. The average molecular weight is 484 g/mol. The molecule has 0 saturated heterocycles. The number of carbonyl (C=O) groups is 2. The van der Waals surface area contributed by atoms with Crippen LogP contribution < -0.4 is 14.8 Å².